The van der Waals surface area contributed by atoms with Crippen LogP contribution >= 0.6 is 0 Å². The van der Waals surface area contributed by atoms with Crippen LogP contribution in [0.4, 0.5) is 11.6 Å². The van der Waals surface area contributed by atoms with Crippen LogP contribution in [-0.4, -0.2) is 54.8 Å². The highest BCUT2D eigenvalue weighted by Crippen LogP contribution is 2.29. The Hall–Kier alpha value is -2.08. The molecule has 0 bridgehead atoms. The molecule has 0 spiro atoms. The first-order chi connectivity index (χ1) is 10.3. The van der Waals surface area contributed by atoms with Crippen LogP contribution < -0.4 is 10.2 Å². The molecule has 1 aromatic heterocycles. The molecule has 0 saturated carbocycles. The number of anilines is 2. The summed E-state index contributed by atoms with van der Waals surface area (Å²) < 4.78 is 5.45. The van der Waals surface area contributed by atoms with Gasteiger partial charge in [-0.05, 0) is 36.3 Å². The molecule has 0 unspecified atom stereocenters. The van der Waals surface area contributed by atoms with Gasteiger partial charge in [-0.3, -0.25) is 0 Å². The predicted molar refractivity (Wildman–Crippen MR) is 81.6 cm³/mol. The van der Waals surface area contributed by atoms with Crippen molar-refractivity contribution >= 4 is 11.6 Å². The second-order valence-electron chi connectivity index (χ2n) is 5.74. The standard InChI is InChI=1S/C15H19N5O/c1-19-6-8-20(9-7-19)15-17-14(21-18-15)12-3-2-11-4-5-16-13(11)10-12/h2-3,10,16H,4-9H2,1H3. The fourth-order valence-corrected chi connectivity index (χ4v) is 2.89. The first-order valence-electron chi connectivity index (χ1n) is 7.44. The minimum atomic E-state index is 0.598. The number of fused-ring (bicyclic) bond motifs is 1. The Kier molecular flexibility index (Phi) is 3.03. The summed E-state index contributed by atoms with van der Waals surface area (Å²) in [5.41, 5.74) is 3.53. The topological polar surface area (TPSA) is 57.4 Å². The van der Waals surface area contributed by atoms with Crippen LogP contribution in [0.2, 0.25) is 0 Å². The second kappa shape index (κ2) is 5.04. The maximum atomic E-state index is 5.45. The van der Waals surface area contributed by atoms with Crippen molar-refractivity contribution in [1.29, 1.82) is 0 Å². The van der Waals surface area contributed by atoms with Crippen molar-refractivity contribution in [2.75, 3.05) is 50.0 Å². The first-order valence-corrected chi connectivity index (χ1v) is 7.44. The van der Waals surface area contributed by atoms with Crippen LogP contribution in [0.15, 0.2) is 22.7 Å². The van der Waals surface area contributed by atoms with Crippen LogP contribution in [0.25, 0.3) is 11.5 Å². The number of hydrogen-bond acceptors (Lipinski definition) is 6. The molecule has 6 nitrogen and oxygen atoms in total. The third-order valence-corrected chi connectivity index (χ3v) is 4.27. The lowest BCUT2D eigenvalue weighted by Crippen LogP contribution is -2.44. The Morgan fingerprint density at radius 3 is 2.90 bits per heavy atom. The van der Waals surface area contributed by atoms with Gasteiger partial charge >= 0.3 is 0 Å². The molecule has 1 N–H and O–H groups in total. The lowest BCUT2D eigenvalue weighted by Gasteiger charge is -2.31. The second-order valence-corrected chi connectivity index (χ2v) is 5.74. The van der Waals surface area contributed by atoms with E-state index in [9.17, 15) is 0 Å². The van der Waals surface area contributed by atoms with Gasteiger partial charge < -0.3 is 19.6 Å². The summed E-state index contributed by atoms with van der Waals surface area (Å²) in [6, 6.07) is 6.31. The average molecular weight is 285 g/mol. The normalized spacial score (nSPS) is 18.6. The van der Waals surface area contributed by atoms with E-state index in [4.69, 9.17) is 4.52 Å². The fraction of sp³-hybridized carbons (Fsp3) is 0.467. The van der Waals surface area contributed by atoms with Crippen molar-refractivity contribution in [2.24, 2.45) is 0 Å². The van der Waals surface area contributed by atoms with Crippen molar-refractivity contribution in [3.63, 3.8) is 0 Å². The zero-order valence-corrected chi connectivity index (χ0v) is 12.2. The van der Waals surface area contributed by atoms with E-state index in [0.717, 1.165) is 44.7 Å². The molecule has 1 saturated heterocycles. The number of hydrogen-bond donors (Lipinski definition) is 1. The molecule has 2 aliphatic rings. The predicted octanol–water partition coefficient (Wildman–Crippen LogP) is 1.46. The fourth-order valence-electron chi connectivity index (χ4n) is 2.89. The number of piperazine rings is 1. The third kappa shape index (κ3) is 2.35. The molecule has 110 valence electrons. The zero-order chi connectivity index (χ0) is 14.2. The maximum absolute atomic E-state index is 5.45. The minimum Gasteiger partial charge on any atom is -0.384 e. The van der Waals surface area contributed by atoms with E-state index in [-0.39, 0.29) is 0 Å². The number of nitrogens with one attached hydrogen (secondary N) is 1. The summed E-state index contributed by atoms with van der Waals surface area (Å²) in [7, 11) is 2.14. The molecular formula is C15H19N5O. The molecule has 4 rings (SSSR count). The minimum absolute atomic E-state index is 0.598. The van der Waals surface area contributed by atoms with E-state index in [1.165, 1.54) is 11.3 Å². The Morgan fingerprint density at radius 2 is 2.05 bits per heavy atom. The van der Waals surface area contributed by atoms with E-state index >= 15 is 0 Å². The molecule has 0 atom stereocenters. The highest BCUT2D eigenvalue weighted by atomic mass is 16.5. The first kappa shape index (κ1) is 12.6. The van der Waals surface area contributed by atoms with Gasteiger partial charge in [0.2, 0.25) is 0 Å². The van der Waals surface area contributed by atoms with Crippen molar-refractivity contribution in [3.8, 4) is 11.5 Å². The van der Waals surface area contributed by atoms with Gasteiger partial charge in [-0.15, -0.1) is 0 Å². The lowest BCUT2D eigenvalue weighted by atomic mass is 10.1. The van der Waals surface area contributed by atoms with Crippen LogP contribution in [0.1, 0.15) is 5.56 Å². The van der Waals surface area contributed by atoms with Gasteiger partial charge in [-0.2, -0.15) is 4.98 Å². The Morgan fingerprint density at radius 1 is 1.19 bits per heavy atom. The maximum Gasteiger partial charge on any atom is 0.266 e. The summed E-state index contributed by atoms with van der Waals surface area (Å²) >= 11 is 0. The Labute approximate surface area is 123 Å². The van der Waals surface area contributed by atoms with Crippen LogP contribution in [0, 0.1) is 0 Å². The van der Waals surface area contributed by atoms with Gasteiger partial charge in [-0.25, -0.2) is 0 Å². The van der Waals surface area contributed by atoms with Crippen LogP contribution in [-0.2, 0) is 6.42 Å². The van der Waals surface area contributed by atoms with E-state index in [1.807, 2.05) is 0 Å². The summed E-state index contributed by atoms with van der Waals surface area (Å²) in [6.45, 7) is 4.97. The van der Waals surface area contributed by atoms with Crippen molar-refractivity contribution in [2.45, 2.75) is 6.42 Å². The average Bonchev–Trinajstić information content (AvgIpc) is 3.16. The van der Waals surface area contributed by atoms with E-state index in [1.54, 1.807) is 0 Å². The summed E-state index contributed by atoms with van der Waals surface area (Å²) in [6.07, 6.45) is 1.09. The Balaban J connectivity index is 1.57. The monoisotopic (exact) mass is 285 g/mol. The molecular weight excluding hydrogens is 266 g/mol. The molecule has 0 aliphatic carbocycles. The van der Waals surface area contributed by atoms with Crippen molar-refractivity contribution in [1.82, 2.24) is 15.0 Å². The van der Waals surface area contributed by atoms with Gasteiger partial charge in [0.1, 0.15) is 0 Å². The highest BCUT2D eigenvalue weighted by molar-refractivity contribution is 5.67. The molecule has 0 amide bonds. The number of benzene rings is 1. The number of rotatable bonds is 2. The van der Waals surface area contributed by atoms with Gasteiger partial charge in [-0.1, -0.05) is 6.07 Å². The van der Waals surface area contributed by atoms with E-state index in [0.29, 0.717) is 11.8 Å². The van der Waals surface area contributed by atoms with Crippen molar-refractivity contribution < 1.29 is 4.52 Å². The van der Waals surface area contributed by atoms with Gasteiger partial charge in [0.25, 0.3) is 11.8 Å². The van der Waals surface area contributed by atoms with Crippen LogP contribution in [0.5, 0.6) is 0 Å². The highest BCUT2D eigenvalue weighted by Gasteiger charge is 2.20. The molecule has 21 heavy (non-hydrogen) atoms. The van der Waals surface area contributed by atoms with Crippen LogP contribution in [0.3, 0.4) is 0 Å². The van der Waals surface area contributed by atoms with Gasteiger partial charge in [0, 0.05) is 44.0 Å². The van der Waals surface area contributed by atoms with Crippen molar-refractivity contribution in [3.05, 3.63) is 23.8 Å². The van der Waals surface area contributed by atoms with E-state index < -0.39 is 0 Å². The van der Waals surface area contributed by atoms with Gasteiger partial charge in [0.15, 0.2) is 0 Å². The largest absolute Gasteiger partial charge is 0.384 e. The Bertz CT molecular complexity index is 645. The molecule has 2 aromatic rings. The van der Waals surface area contributed by atoms with Gasteiger partial charge in [0.05, 0.1) is 0 Å². The SMILES string of the molecule is CN1CCN(c2noc(-c3ccc4c(c3)NCC4)n2)CC1. The molecule has 1 fully saturated rings. The molecule has 1 aromatic carbocycles. The zero-order valence-electron chi connectivity index (χ0n) is 12.2. The number of nitrogens with zero attached hydrogens (tertiary/aromatic N) is 4. The smallest absolute Gasteiger partial charge is 0.266 e. The molecule has 3 heterocycles. The summed E-state index contributed by atoms with van der Waals surface area (Å²) in [4.78, 5) is 9.04. The lowest BCUT2D eigenvalue weighted by molar-refractivity contribution is 0.309. The number of aromatic nitrogens is 2. The summed E-state index contributed by atoms with van der Waals surface area (Å²) in [5, 5.41) is 7.52. The third-order valence-electron chi connectivity index (χ3n) is 4.27. The molecule has 6 heteroatoms. The molecule has 2 aliphatic heterocycles. The van der Waals surface area contributed by atoms with E-state index in [2.05, 4.69) is 50.5 Å². The number of likely N-dealkylation sites (N-methyl/N-ethyl adjacent to an activating group) is 1. The molecule has 0 radical (unpaired) electrons. The quantitative estimate of drug-likeness (QED) is 0.901. The summed E-state index contributed by atoms with van der Waals surface area (Å²) in [5.74, 6) is 1.30.